The second-order valence-corrected chi connectivity index (χ2v) is 11.9. The summed E-state index contributed by atoms with van der Waals surface area (Å²) >= 11 is 28.8. The zero-order valence-electron chi connectivity index (χ0n) is 18.4. The zero-order valence-corrected chi connectivity index (χ0v) is 23.1. The lowest BCUT2D eigenvalue weighted by molar-refractivity contribution is -0.139. The van der Waals surface area contributed by atoms with Gasteiger partial charge in [0.25, 0.3) is 0 Å². The normalized spacial score (nSPS) is 10.8. The quantitative estimate of drug-likeness (QED) is 0.139. The van der Waals surface area contributed by atoms with Crippen LogP contribution in [0.1, 0.15) is 0 Å². The van der Waals surface area contributed by atoms with E-state index in [4.69, 9.17) is 67.8 Å². The van der Waals surface area contributed by atoms with E-state index in [9.17, 15) is 9.36 Å². The van der Waals surface area contributed by atoms with E-state index in [1.54, 1.807) is 0 Å². The van der Waals surface area contributed by atoms with Crippen LogP contribution in [0.25, 0.3) is 0 Å². The van der Waals surface area contributed by atoms with Crippen molar-refractivity contribution in [2.75, 3.05) is 6.61 Å². The first-order valence-corrected chi connectivity index (χ1v) is 13.9. The van der Waals surface area contributed by atoms with Crippen LogP contribution in [-0.2, 0) is 9.36 Å². The number of hydrogen-bond donors (Lipinski definition) is 1. The second kappa shape index (κ2) is 12.9. The second-order valence-electron chi connectivity index (χ2n) is 7.20. The van der Waals surface area contributed by atoms with Gasteiger partial charge < -0.3 is 14.4 Å². The van der Waals surface area contributed by atoms with Crippen LogP contribution in [0.2, 0.25) is 25.1 Å². The summed E-state index contributed by atoms with van der Waals surface area (Å²) in [5, 5.41) is 10.8. The monoisotopic (exact) mass is 600 g/mol. The summed E-state index contributed by atoms with van der Waals surface area (Å²) in [6, 6.07) is 29.1. The number of halogens is 5. The van der Waals surface area contributed by atoms with Crippen LogP contribution in [0, 0.1) is 0 Å². The molecule has 4 rings (SSSR count). The molecule has 10 heteroatoms. The van der Waals surface area contributed by atoms with Crippen LogP contribution in [0.15, 0.2) is 91.0 Å². The molecule has 186 valence electrons. The van der Waals surface area contributed by atoms with Gasteiger partial charge in [-0.2, -0.15) is 0 Å². The first-order valence-electron chi connectivity index (χ1n) is 10.3. The summed E-state index contributed by atoms with van der Waals surface area (Å²) in [5.41, 5.74) is 0. The summed E-state index contributed by atoms with van der Waals surface area (Å²) in [7, 11) is -2.78. The Morgan fingerprint density at radius 2 is 0.917 bits per heavy atom. The van der Waals surface area contributed by atoms with Gasteiger partial charge in [-0.1, -0.05) is 149 Å². The standard InChI is InChI=1S/C18H15OP.C8H3Cl5O3/c19-20(16-10-4-1-5-11-16,17-12-6-2-7-13-17)18-14-8-3-9-15-18;9-3-4(10)6(12)8(7(13)5(3)11)16-1-2(14)15/h1-15H;1H2,(H,14,15). The predicted molar refractivity (Wildman–Crippen MR) is 150 cm³/mol. The number of rotatable bonds is 6. The Kier molecular flexibility index (Phi) is 10.2. The summed E-state index contributed by atoms with van der Waals surface area (Å²) in [6.45, 7) is -0.617. The molecule has 4 nitrogen and oxygen atoms in total. The highest BCUT2D eigenvalue weighted by Gasteiger charge is 2.29. The van der Waals surface area contributed by atoms with E-state index in [0.717, 1.165) is 15.9 Å². The van der Waals surface area contributed by atoms with Crippen LogP contribution >= 0.6 is 65.1 Å². The van der Waals surface area contributed by atoms with E-state index < -0.39 is 19.7 Å². The predicted octanol–water partition coefficient (Wildman–Crippen LogP) is 7.74. The fourth-order valence-electron chi connectivity index (χ4n) is 3.21. The van der Waals surface area contributed by atoms with Gasteiger partial charge in [0.1, 0.15) is 10.0 Å². The molecule has 0 aliphatic rings. The molecule has 36 heavy (non-hydrogen) atoms. The van der Waals surface area contributed by atoms with Gasteiger partial charge in [-0.05, 0) is 0 Å². The highest BCUT2D eigenvalue weighted by atomic mass is 35.5. The summed E-state index contributed by atoms with van der Waals surface area (Å²) in [6.07, 6.45) is 0. The Bertz CT molecular complexity index is 1250. The fraction of sp³-hybridized carbons (Fsp3) is 0.0385. The van der Waals surface area contributed by atoms with Crippen LogP contribution in [0.5, 0.6) is 5.75 Å². The average molecular weight is 603 g/mol. The van der Waals surface area contributed by atoms with E-state index in [2.05, 4.69) is 0 Å². The summed E-state index contributed by atoms with van der Waals surface area (Å²) in [4.78, 5) is 10.3. The number of ether oxygens (including phenoxy) is 1. The van der Waals surface area contributed by atoms with Crippen molar-refractivity contribution in [3.8, 4) is 5.75 Å². The molecule has 4 aromatic rings. The van der Waals surface area contributed by atoms with Gasteiger partial charge in [-0.3, -0.25) is 0 Å². The number of carboxylic acid groups (broad SMARTS) is 1. The molecule has 0 unspecified atom stereocenters. The Morgan fingerprint density at radius 1 is 0.611 bits per heavy atom. The van der Waals surface area contributed by atoms with Crippen LogP contribution in [-0.4, -0.2) is 17.7 Å². The van der Waals surface area contributed by atoms with Gasteiger partial charge in [-0.25, -0.2) is 4.79 Å². The fourth-order valence-corrected chi connectivity index (χ4v) is 7.11. The largest absolute Gasteiger partial charge is 0.479 e. The maximum Gasteiger partial charge on any atom is 0.341 e. The maximum atomic E-state index is 13.8. The SMILES string of the molecule is O=C(O)COc1c(Cl)c(Cl)c(Cl)c(Cl)c1Cl.O=P(c1ccccc1)(c1ccccc1)c1ccccc1. The smallest absolute Gasteiger partial charge is 0.341 e. The van der Waals surface area contributed by atoms with Crippen LogP contribution < -0.4 is 20.7 Å². The number of aliphatic carboxylic acids is 1. The molecule has 0 aliphatic carbocycles. The van der Waals surface area contributed by atoms with Crippen molar-refractivity contribution in [3.05, 3.63) is 116 Å². The third-order valence-corrected chi connectivity index (χ3v) is 10.2. The molecule has 0 radical (unpaired) electrons. The molecule has 4 aromatic carbocycles. The highest BCUT2D eigenvalue weighted by Crippen LogP contribution is 2.48. The van der Waals surface area contributed by atoms with E-state index in [1.807, 2.05) is 91.0 Å². The van der Waals surface area contributed by atoms with Crippen molar-refractivity contribution in [2.24, 2.45) is 0 Å². The Hall–Kier alpha value is -2.17. The molecule has 0 fully saturated rings. The third kappa shape index (κ3) is 6.39. The molecule has 0 saturated carbocycles. The molecule has 1 N–H and O–H groups in total. The van der Waals surface area contributed by atoms with Gasteiger partial charge in [-0.15, -0.1) is 0 Å². The average Bonchev–Trinajstić information content (AvgIpc) is 2.92. The minimum Gasteiger partial charge on any atom is -0.479 e. The minimum atomic E-state index is -2.78. The Balaban J connectivity index is 0.000000207. The molecule has 0 spiro atoms. The molecule has 0 bridgehead atoms. The van der Waals surface area contributed by atoms with Crippen molar-refractivity contribution in [1.29, 1.82) is 0 Å². The van der Waals surface area contributed by atoms with Crippen LogP contribution in [0.4, 0.5) is 0 Å². The maximum absolute atomic E-state index is 13.8. The van der Waals surface area contributed by atoms with Crippen LogP contribution in [0.3, 0.4) is 0 Å². The lowest BCUT2D eigenvalue weighted by Gasteiger charge is -2.19. The topological polar surface area (TPSA) is 63.6 Å². The van der Waals surface area contributed by atoms with Gasteiger partial charge >= 0.3 is 5.97 Å². The van der Waals surface area contributed by atoms with Crippen molar-refractivity contribution in [1.82, 2.24) is 0 Å². The first-order chi connectivity index (χ1) is 17.2. The highest BCUT2D eigenvalue weighted by molar-refractivity contribution is 7.85. The van der Waals surface area contributed by atoms with E-state index in [0.29, 0.717) is 0 Å². The van der Waals surface area contributed by atoms with Gasteiger partial charge in [0.05, 0.1) is 15.1 Å². The molecular weight excluding hydrogens is 585 g/mol. The molecule has 0 aliphatic heterocycles. The van der Waals surface area contributed by atoms with Crippen molar-refractivity contribution >= 4 is 87.0 Å². The number of carboxylic acids is 1. The molecule has 0 atom stereocenters. The van der Waals surface area contributed by atoms with Gasteiger partial charge in [0.15, 0.2) is 19.5 Å². The Morgan fingerprint density at radius 3 is 1.22 bits per heavy atom. The zero-order chi connectivity index (χ0) is 26.3. The minimum absolute atomic E-state index is 0.0130. The number of benzene rings is 4. The van der Waals surface area contributed by atoms with Crippen molar-refractivity contribution < 1.29 is 19.2 Å². The lowest BCUT2D eigenvalue weighted by atomic mass is 10.3. The molecular formula is C26H18Cl5O4P. The molecule has 0 saturated heterocycles. The number of hydrogen-bond acceptors (Lipinski definition) is 3. The van der Waals surface area contributed by atoms with E-state index >= 15 is 0 Å². The van der Waals surface area contributed by atoms with Gasteiger partial charge in [0, 0.05) is 15.9 Å². The molecule has 0 amide bonds. The molecule has 0 aromatic heterocycles. The van der Waals surface area contributed by atoms with E-state index in [-0.39, 0.29) is 30.9 Å². The third-order valence-electron chi connectivity index (χ3n) is 4.87. The molecule has 0 heterocycles. The van der Waals surface area contributed by atoms with Crippen molar-refractivity contribution in [2.45, 2.75) is 0 Å². The summed E-state index contributed by atoms with van der Waals surface area (Å²) < 4.78 is 18.7. The summed E-state index contributed by atoms with van der Waals surface area (Å²) in [5.74, 6) is -1.29. The number of carbonyl (C=O) groups is 1. The van der Waals surface area contributed by atoms with Crippen molar-refractivity contribution in [3.63, 3.8) is 0 Å². The lowest BCUT2D eigenvalue weighted by Crippen LogP contribution is -2.24. The van der Waals surface area contributed by atoms with E-state index in [1.165, 1.54) is 0 Å². The van der Waals surface area contributed by atoms with Gasteiger partial charge in [0.2, 0.25) is 0 Å². The first kappa shape index (κ1) is 28.4. The Labute approximate surface area is 233 Å².